The maximum absolute atomic E-state index is 12.0. The van der Waals surface area contributed by atoms with Gasteiger partial charge < -0.3 is 10.6 Å². The van der Waals surface area contributed by atoms with E-state index in [1.165, 1.54) is 0 Å². The Bertz CT molecular complexity index is 431. The van der Waals surface area contributed by atoms with Gasteiger partial charge >= 0.3 is 0 Å². The summed E-state index contributed by atoms with van der Waals surface area (Å²) in [5, 5.41) is 5.58. The Hall–Kier alpha value is -1.84. The zero-order valence-corrected chi connectivity index (χ0v) is 10.5. The van der Waals surface area contributed by atoms with Crippen molar-refractivity contribution in [2.24, 2.45) is 5.92 Å². The molecule has 4 nitrogen and oxygen atoms in total. The summed E-state index contributed by atoms with van der Waals surface area (Å²) in [6.45, 7) is 3.14. The van der Waals surface area contributed by atoms with Crippen molar-refractivity contribution in [3.8, 4) is 0 Å². The minimum Gasteiger partial charge on any atom is -0.355 e. The predicted octanol–water partition coefficient (Wildman–Crippen LogP) is 1.04. The third-order valence-corrected chi connectivity index (χ3v) is 3.24. The Kier molecular flexibility index (Phi) is 3.97. The summed E-state index contributed by atoms with van der Waals surface area (Å²) in [4.78, 5) is 23.8. The van der Waals surface area contributed by atoms with E-state index in [1.807, 2.05) is 37.3 Å². The number of amides is 2. The van der Waals surface area contributed by atoms with E-state index in [2.05, 4.69) is 10.6 Å². The number of hydrogen-bond donors (Lipinski definition) is 2. The summed E-state index contributed by atoms with van der Waals surface area (Å²) >= 11 is 0. The zero-order chi connectivity index (χ0) is 13.0. The number of rotatable bonds is 4. The van der Waals surface area contributed by atoms with Gasteiger partial charge in [-0.3, -0.25) is 9.59 Å². The Morgan fingerprint density at radius 1 is 1.39 bits per heavy atom. The lowest BCUT2D eigenvalue weighted by Gasteiger charge is -2.16. The molecule has 18 heavy (non-hydrogen) atoms. The molecule has 1 aliphatic heterocycles. The number of benzene rings is 1. The van der Waals surface area contributed by atoms with Gasteiger partial charge in [-0.15, -0.1) is 0 Å². The van der Waals surface area contributed by atoms with Crippen LogP contribution in [0.15, 0.2) is 30.3 Å². The molecule has 1 fully saturated rings. The van der Waals surface area contributed by atoms with Crippen LogP contribution in [0.4, 0.5) is 0 Å². The Morgan fingerprint density at radius 2 is 2.11 bits per heavy atom. The van der Waals surface area contributed by atoms with Crippen LogP contribution < -0.4 is 10.6 Å². The molecule has 2 amide bonds. The summed E-state index contributed by atoms with van der Waals surface area (Å²) in [5.41, 5.74) is 1.03. The molecule has 0 radical (unpaired) electrons. The molecule has 1 aromatic rings. The van der Waals surface area contributed by atoms with Crippen LogP contribution in [0.1, 0.15) is 24.8 Å². The fourth-order valence-corrected chi connectivity index (χ4v) is 2.29. The van der Waals surface area contributed by atoms with Gasteiger partial charge in [-0.05, 0) is 12.0 Å². The molecule has 2 N–H and O–H groups in total. The van der Waals surface area contributed by atoms with Crippen molar-refractivity contribution >= 4 is 11.8 Å². The lowest BCUT2D eigenvalue weighted by molar-refractivity contribution is -0.133. The molecule has 0 aromatic heterocycles. The van der Waals surface area contributed by atoms with E-state index >= 15 is 0 Å². The normalized spacial score (nSPS) is 22.6. The first-order chi connectivity index (χ1) is 8.74. The molecule has 0 bridgehead atoms. The smallest absolute Gasteiger partial charge is 0.233 e. The quantitative estimate of drug-likeness (QED) is 0.780. The van der Waals surface area contributed by atoms with Crippen molar-refractivity contribution in [1.29, 1.82) is 0 Å². The van der Waals surface area contributed by atoms with E-state index < -0.39 is 5.92 Å². The molecule has 2 rings (SSSR count). The molecule has 0 saturated carbocycles. The first-order valence-electron chi connectivity index (χ1n) is 6.34. The van der Waals surface area contributed by atoms with Crippen LogP contribution in [0.25, 0.3) is 0 Å². The molecule has 1 aliphatic rings. The second-order valence-electron chi connectivity index (χ2n) is 4.53. The summed E-state index contributed by atoms with van der Waals surface area (Å²) in [7, 11) is 0. The molecule has 1 aromatic carbocycles. The third kappa shape index (κ3) is 2.53. The van der Waals surface area contributed by atoms with Gasteiger partial charge in [0.15, 0.2) is 0 Å². The molecule has 4 heteroatoms. The van der Waals surface area contributed by atoms with Gasteiger partial charge in [0.1, 0.15) is 5.92 Å². The fourth-order valence-electron chi connectivity index (χ4n) is 2.29. The molecular weight excluding hydrogens is 228 g/mol. The minimum absolute atomic E-state index is 0.0597. The van der Waals surface area contributed by atoms with Gasteiger partial charge in [0.05, 0.1) is 0 Å². The van der Waals surface area contributed by atoms with Crippen LogP contribution in [-0.4, -0.2) is 24.9 Å². The van der Waals surface area contributed by atoms with Crippen LogP contribution in [0, 0.1) is 5.92 Å². The van der Waals surface area contributed by atoms with Crippen molar-refractivity contribution in [2.75, 3.05) is 13.1 Å². The first kappa shape index (κ1) is 12.6. The molecule has 1 saturated heterocycles. The van der Waals surface area contributed by atoms with E-state index in [0.29, 0.717) is 13.1 Å². The van der Waals surface area contributed by atoms with Crippen LogP contribution in [0.3, 0.4) is 0 Å². The maximum atomic E-state index is 12.0. The lowest BCUT2D eigenvalue weighted by Crippen LogP contribution is -2.37. The van der Waals surface area contributed by atoms with Gasteiger partial charge in [-0.25, -0.2) is 0 Å². The largest absolute Gasteiger partial charge is 0.355 e. The van der Waals surface area contributed by atoms with E-state index in [-0.39, 0.29) is 17.7 Å². The molecule has 0 aliphatic carbocycles. The number of carbonyl (C=O) groups excluding carboxylic acids is 2. The monoisotopic (exact) mass is 246 g/mol. The topological polar surface area (TPSA) is 58.2 Å². The molecule has 1 heterocycles. The van der Waals surface area contributed by atoms with Crippen molar-refractivity contribution in [2.45, 2.75) is 19.3 Å². The second-order valence-corrected chi connectivity index (χ2v) is 4.53. The Labute approximate surface area is 107 Å². The third-order valence-electron chi connectivity index (χ3n) is 3.24. The van der Waals surface area contributed by atoms with Gasteiger partial charge in [-0.2, -0.15) is 0 Å². The average molecular weight is 246 g/mol. The first-order valence-corrected chi connectivity index (χ1v) is 6.34. The maximum Gasteiger partial charge on any atom is 0.233 e. The molecule has 96 valence electrons. The lowest BCUT2D eigenvalue weighted by atomic mass is 9.88. The summed E-state index contributed by atoms with van der Waals surface area (Å²) < 4.78 is 0. The van der Waals surface area contributed by atoms with Crippen LogP contribution in [-0.2, 0) is 9.59 Å². The van der Waals surface area contributed by atoms with E-state index in [9.17, 15) is 9.59 Å². The average Bonchev–Trinajstić information content (AvgIpc) is 2.79. The van der Waals surface area contributed by atoms with E-state index in [4.69, 9.17) is 0 Å². The number of nitrogens with one attached hydrogen (secondary N) is 2. The van der Waals surface area contributed by atoms with Crippen LogP contribution in [0.5, 0.6) is 0 Å². The number of carbonyl (C=O) groups is 2. The highest BCUT2D eigenvalue weighted by Crippen LogP contribution is 2.28. The highest BCUT2D eigenvalue weighted by atomic mass is 16.2. The van der Waals surface area contributed by atoms with Gasteiger partial charge in [-0.1, -0.05) is 37.3 Å². The standard InChI is InChI=1S/C14H18N2O2/c1-2-8-15-13(17)12-11(9-16-14(12)18)10-6-4-3-5-7-10/h3-7,11-12H,2,8-9H2,1H3,(H,15,17)(H,16,18)/t11-,12-/m0/s1. The van der Waals surface area contributed by atoms with Crippen molar-refractivity contribution in [3.05, 3.63) is 35.9 Å². The number of hydrogen-bond acceptors (Lipinski definition) is 2. The highest BCUT2D eigenvalue weighted by molar-refractivity contribution is 6.02. The van der Waals surface area contributed by atoms with Crippen LogP contribution in [0.2, 0.25) is 0 Å². The molecule has 0 spiro atoms. The second kappa shape index (κ2) is 5.67. The van der Waals surface area contributed by atoms with Gasteiger partial charge in [0, 0.05) is 19.0 Å². The van der Waals surface area contributed by atoms with Crippen molar-refractivity contribution in [1.82, 2.24) is 10.6 Å². The SMILES string of the molecule is CCCNC(=O)[C@H]1C(=O)NC[C@H]1c1ccccc1. The molecule has 0 unspecified atom stereocenters. The van der Waals surface area contributed by atoms with Crippen molar-refractivity contribution in [3.63, 3.8) is 0 Å². The van der Waals surface area contributed by atoms with Gasteiger partial charge in [0.25, 0.3) is 0 Å². The van der Waals surface area contributed by atoms with E-state index in [1.54, 1.807) is 0 Å². The van der Waals surface area contributed by atoms with E-state index in [0.717, 1.165) is 12.0 Å². The van der Waals surface area contributed by atoms with Crippen molar-refractivity contribution < 1.29 is 9.59 Å². The highest BCUT2D eigenvalue weighted by Gasteiger charge is 2.40. The Morgan fingerprint density at radius 3 is 2.78 bits per heavy atom. The summed E-state index contributed by atoms with van der Waals surface area (Å²) in [6.07, 6.45) is 0.871. The predicted molar refractivity (Wildman–Crippen MR) is 69.0 cm³/mol. The minimum atomic E-state index is -0.598. The summed E-state index contributed by atoms with van der Waals surface area (Å²) in [5.74, 6) is -0.993. The van der Waals surface area contributed by atoms with Gasteiger partial charge in [0.2, 0.25) is 11.8 Å². The molecular formula is C14H18N2O2. The summed E-state index contributed by atoms with van der Waals surface area (Å²) in [6, 6.07) is 9.72. The Balaban J connectivity index is 2.15. The molecule has 2 atom stereocenters. The zero-order valence-electron chi connectivity index (χ0n) is 10.5. The van der Waals surface area contributed by atoms with Crippen LogP contribution >= 0.6 is 0 Å². The fraction of sp³-hybridized carbons (Fsp3) is 0.429.